The van der Waals surface area contributed by atoms with E-state index in [0.717, 1.165) is 0 Å². The lowest BCUT2D eigenvalue weighted by atomic mass is 10.1. The van der Waals surface area contributed by atoms with Gasteiger partial charge in [0.05, 0.1) is 17.4 Å². The zero-order chi connectivity index (χ0) is 21.1. The minimum absolute atomic E-state index is 0.0342. The fraction of sp³-hybridized carbons (Fsp3) is 0. The number of aromatic nitrogens is 4. The summed E-state index contributed by atoms with van der Waals surface area (Å²) in [6, 6.07) is 15.8. The molecule has 0 amide bonds. The normalized spacial score (nSPS) is 10.9. The molecule has 10 heteroatoms. The zero-order valence-electron chi connectivity index (χ0n) is 15.2. The third-order valence-electron chi connectivity index (χ3n) is 4.28. The number of anilines is 1. The molecule has 0 aliphatic heterocycles. The molecular formula is C20H13N7O3. The molecule has 0 saturated carbocycles. The van der Waals surface area contributed by atoms with Crippen LogP contribution in [-0.4, -0.2) is 37.5 Å². The molecule has 2 heterocycles. The van der Waals surface area contributed by atoms with Gasteiger partial charge in [-0.05, 0) is 6.07 Å². The maximum Gasteiger partial charge on any atom is 0.357 e. The van der Waals surface area contributed by atoms with Crippen molar-refractivity contribution in [2.45, 2.75) is 0 Å². The van der Waals surface area contributed by atoms with E-state index < -0.39 is 11.5 Å². The van der Waals surface area contributed by atoms with Gasteiger partial charge in [-0.1, -0.05) is 42.5 Å². The molecule has 2 aromatic heterocycles. The van der Waals surface area contributed by atoms with Gasteiger partial charge in [0, 0.05) is 16.5 Å². The van der Waals surface area contributed by atoms with E-state index in [1.54, 1.807) is 42.5 Å². The SMILES string of the molecule is N#Cc1c(-c2ccccc2)nc(NN=Cc2cccc3[nH]nc(C(=O)O)c23)[nH]c1=O. The third kappa shape index (κ3) is 3.38. The highest BCUT2D eigenvalue weighted by Gasteiger charge is 2.15. The molecule has 0 saturated heterocycles. The van der Waals surface area contributed by atoms with Crippen molar-refractivity contribution < 1.29 is 9.90 Å². The second-order valence-corrected chi connectivity index (χ2v) is 6.13. The van der Waals surface area contributed by atoms with E-state index in [1.165, 1.54) is 6.21 Å². The Morgan fingerprint density at radius 1 is 1.20 bits per heavy atom. The molecule has 0 atom stereocenters. The number of hydrazone groups is 1. The number of aromatic amines is 2. The second-order valence-electron chi connectivity index (χ2n) is 6.13. The van der Waals surface area contributed by atoms with Crippen LogP contribution in [0.2, 0.25) is 0 Å². The molecule has 0 spiro atoms. The maximum absolute atomic E-state index is 12.3. The van der Waals surface area contributed by atoms with Gasteiger partial charge in [0.15, 0.2) is 5.69 Å². The lowest BCUT2D eigenvalue weighted by Crippen LogP contribution is -2.16. The van der Waals surface area contributed by atoms with Gasteiger partial charge in [-0.2, -0.15) is 15.5 Å². The van der Waals surface area contributed by atoms with Gasteiger partial charge < -0.3 is 5.11 Å². The lowest BCUT2D eigenvalue weighted by Gasteiger charge is -2.06. The third-order valence-corrected chi connectivity index (χ3v) is 4.28. The first kappa shape index (κ1) is 18.6. The zero-order valence-corrected chi connectivity index (χ0v) is 15.2. The molecule has 0 unspecified atom stereocenters. The van der Waals surface area contributed by atoms with Crippen molar-refractivity contribution in [2.75, 3.05) is 5.43 Å². The molecule has 0 aliphatic carbocycles. The van der Waals surface area contributed by atoms with Crippen molar-refractivity contribution >= 4 is 29.0 Å². The Bertz CT molecular complexity index is 1380. The van der Waals surface area contributed by atoms with E-state index in [1.807, 2.05) is 12.1 Å². The fourth-order valence-corrected chi connectivity index (χ4v) is 2.96. The molecule has 0 aliphatic rings. The Morgan fingerprint density at radius 2 is 2.00 bits per heavy atom. The van der Waals surface area contributed by atoms with E-state index in [4.69, 9.17) is 0 Å². The molecule has 4 aromatic rings. The molecular weight excluding hydrogens is 386 g/mol. The van der Waals surface area contributed by atoms with Crippen LogP contribution >= 0.6 is 0 Å². The topological polar surface area (TPSA) is 160 Å². The molecule has 146 valence electrons. The number of benzene rings is 2. The second kappa shape index (κ2) is 7.69. The van der Waals surface area contributed by atoms with Crippen molar-refractivity contribution in [3.8, 4) is 17.3 Å². The van der Waals surface area contributed by atoms with Gasteiger partial charge in [-0.3, -0.25) is 14.9 Å². The summed E-state index contributed by atoms with van der Waals surface area (Å²) in [4.78, 5) is 30.4. The highest BCUT2D eigenvalue weighted by molar-refractivity contribution is 6.08. The summed E-state index contributed by atoms with van der Waals surface area (Å²) in [6.07, 6.45) is 1.39. The summed E-state index contributed by atoms with van der Waals surface area (Å²) in [5.41, 5.74) is 3.68. The number of hydrogen-bond donors (Lipinski definition) is 4. The number of rotatable bonds is 5. The van der Waals surface area contributed by atoms with Crippen LogP contribution in [0.5, 0.6) is 0 Å². The first-order valence-corrected chi connectivity index (χ1v) is 8.68. The van der Waals surface area contributed by atoms with Crippen LogP contribution in [-0.2, 0) is 0 Å². The number of H-pyrrole nitrogens is 2. The standard InChI is InChI=1S/C20H13N7O3/c21-9-13-16(11-5-2-1-3-6-11)23-20(24-18(13)28)27-22-10-12-7-4-8-14-15(12)17(19(29)30)26-25-14/h1-8,10H,(H,25,26)(H,29,30)(H2,23,24,27,28). The largest absolute Gasteiger partial charge is 0.476 e. The lowest BCUT2D eigenvalue weighted by molar-refractivity contribution is 0.0692. The van der Waals surface area contributed by atoms with Gasteiger partial charge >= 0.3 is 5.97 Å². The fourth-order valence-electron chi connectivity index (χ4n) is 2.96. The number of hydrogen-bond acceptors (Lipinski definition) is 7. The van der Waals surface area contributed by atoms with Crippen LogP contribution in [0, 0.1) is 11.3 Å². The average molecular weight is 399 g/mol. The quantitative estimate of drug-likeness (QED) is 0.296. The average Bonchev–Trinajstić information content (AvgIpc) is 3.19. The van der Waals surface area contributed by atoms with Gasteiger partial charge in [0.25, 0.3) is 5.56 Å². The number of carboxylic acids is 1. The Kier molecular flexibility index (Phi) is 4.76. The number of carbonyl (C=O) groups is 1. The molecule has 0 bridgehead atoms. The van der Waals surface area contributed by atoms with Crippen LogP contribution in [0.4, 0.5) is 5.95 Å². The maximum atomic E-state index is 12.3. The van der Waals surface area contributed by atoms with E-state index >= 15 is 0 Å². The number of nitrogens with zero attached hydrogens (tertiary/aromatic N) is 4. The highest BCUT2D eigenvalue weighted by atomic mass is 16.4. The summed E-state index contributed by atoms with van der Waals surface area (Å²) in [6.45, 7) is 0. The van der Waals surface area contributed by atoms with Crippen LogP contribution in [0.25, 0.3) is 22.2 Å². The molecule has 30 heavy (non-hydrogen) atoms. The molecule has 2 aromatic carbocycles. The van der Waals surface area contributed by atoms with Crippen LogP contribution in [0.1, 0.15) is 21.6 Å². The summed E-state index contributed by atoms with van der Waals surface area (Å²) in [7, 11) is 0. The first-order valence-electron chi connectivity index (χ1n) is 8.68. The first-order chi connectivity index (χ1) is 14.6. The molecule has 10 nitrogen and oxygen atoms in total. The summed E-state index contributed by atoms with van der Waals surface area (Å²) >= 11 is 0. The van der Waals surface area contributed by atoms with Gasteiger partial charge in [0.1, 0.15) is 11.6 Å². The number of aromatic carboxylic acids is 1. The van der Waals surface area contributed by atoms with Crippen molar-refractivity contribution in [3.05, 3.63) is 75.7 Å². The minimum Gasteiger partial charge on any atom is -0.476 e. The molecule has 4 rings (SSSR count). The van der Waals surface area contributed by atoms with Crippen LogP contribution in [0.15, 0.2) is 58.4 Å². The van der Waals surface area contributed by atoms with E-state index in [2.05, 4.69) is 30.7 Å². The van der Waals surface area contributed by atoms with E-state index in [-0.39, 0.29) is 22.9 Å². The molecule has 0 fully saturated rings. The number of carboxylic acid groups (broad SMARTS) is 1. The predicted molar refractivity (Wildman–Crippen MR) is 109 cm³/mol. The van der Waals surface area contributed by atoms with Crippen LogP contribution < -0.4 is 11.0 Å². The predicted octanol–water partition coefficient (Wildman–Crippen LogP) is 2.33. The monoisotopic (exact) mass is 399 g/mol. The minimum atomic E-state index is -1.17. The van der Waals surface area contributed by atoms with Crippen molar-refractivity contribution in [3.63, 3.8) is 0 Å². The summed E-state index contributed by atoms with van der Waals surface area (Å²) in [5, 5.41) is 29.5. The molecule has 0 radical (unpaired) electrons. The van der Waals surface area contributed by atoms with Gasteiger partial charge in [-0.15, -0.1) is 0 Å². The van der Waals surface area contributed by atoms with Crippen molar-refractivity contribution in [2.24, 2.45) is 5.10 Å². The number of nitriles is 1. The molecule has 4 N–H and O–H groups in total. The Labute approximate surface area is 168 Å². The Balaban J connectivity index is 1.69. The van der Waals surface area contributed by atoms with Crippen LogP contribution in [0.3, 0.4) is 0 Å². The number of fused-ring (bicyclic) bond motifs is 1. The Morgan fingerprint density at radius 3 is 2.73 bits per heavy atom. The summed E-state index contributed by atoms with van der Waals surface area (Å²) in [5.74, 6) is -1.13. The van der Waals surface area contributed by atoms with Crippen molar-refractivity contribution in [1.82, 2.24) is 20.2 Å². The smallest absolute Gasteiger partial charge is 0.357 e. The number of nitrogens with one attached hydrogen (secondary N) is 3. The van der Waals surface area contributed by atoms with Gasteiger partial charge in [0.2, 0.25) is 5.95 Å². The highest BCUT2D eigenvalue weighted by Crippen LogP contribution is 2.21. The van der Waals surface area contributed by atoms with E-state index in [0.29, 0.717) is 22.0 Å². The van der Waals surface area contributed by atoms with Gasteiger partial charge in [-0.25, -0.2) is 15.2 Å². The Hall–Kier alpha value is -4.78. The van der Waals surface area contributed by atoms with E-state index in [9.17, 15) is 20.0 Å². The van der Waals surface area contributed by atoms with Crippen molar-refractivity contribution in [1.29, 1.82) is 5.26 Å². The summed E-state index contributed by atoms with van der Waals surface area (Å²) < 4.78 is 0.